The van der Waals surface area contributed by atoms with Crippen molar-refractivity contribution in [1.82, 2.24) is 9.88 Å². The van der Waals surface area contributed by atoms with Crippen molar-refractivity contribution in [2.45, 2.75) is 38.5 Å². The molecule has 1 aromatic heterocycles. The molecule has 4 nitrogen and oxygen atoms in total. The first-order valence-electron chi connectivity index (χ1n) is 9.67. The molecular weight excluding hydrogens is 343 g/mol. The number of pyridine rings is 1. The molecule has 2 aromatic rings. The van der Waals surface area contributed by atoms with Gasteiger partial charge >= 0.3 is 0 Å². The molecule has 27 heavy (non-hydrogen) atoms. The summed E-state index contributed by atoms with van der Waals surface area (Å²) in [5, 5.41) is 0. The molecule has 1 aromatic carbocycles. The maximum atomic E-state index is 13.0. The van der Waals surface area contributed by atoms with Gasteiger partial charge in [-0.2, -0.15) is 0 Å². The summed E-state index contributed by atoms with van der Waals surface area (Å²) in [4.78, 5) is 6.55. The Kier molecular flexibility index (Phi) is 3.82. The van der Waals surface area contributed by atoms with Gasteiger partial charge in [-0.1, -0.05) is 18.2 Å². The summed E-state index contributed by atoms with van der Waals surface area (Å²) in [5.41, 5.74) is 2.04. The van der Waals surface area contributed by atoms with E-state index in [-0.39, 0.29) is 22.9 Å². The maximum absolute atomic E-state index is 13.0. The van der Waals surface area contributed by atoms with Gasteiger partial charge in [0.1, 0.15) is 17.2 Å². The zero-order valence-electron chi connectivity index (χ0n) is 15.8. The number of aromatic nitrogens is 1. The topological polar surface area (TPSA) is 34.6 Å². The van der Waals surface area contributed by atoms with Crippen molar-refractivity contribution in [3.63, 3.8) is 0 Å². The van der Waals surface area contributed by atoms with Crippen molar-refractivity contribution in [2.24, 2.45) is 11.3 Å². The van der Waals surface area contributed by atoms with E-state index in [4.69, 9.17) is 9.47 Å². The molecule has 2 saturated heterocycles. The minimum Gasteiger partial charge on any atom is -0.487 e. The number of likely N-dealkylation sites (tertiary alicyclic amines) is 1. The van der Waals surface area contributed by atoms with Crippen molar-refractivity contribution < 1.29 is 13.9 Å². The molecule has 0 radical (unpaired) electrons. The van der Waals surface area contributed by atoms with Crippen LogP contribution >= 0.6 is 0 Å². The Morgan fingerprint density at radius 1 is 1.19 bits per heavy atom. The smallest absolute Gasteiger partial charge is 0.141 e. The van der Waals surface area contributed by atoms with Crippen LogP contribution in [0.2, 0.25) is 0 Å². The molecule has 0 N–H and O–H groups in total. The molecule has 1 spiro atoms. The van der Waals surface area contributed by atoms with Crippen molar-refractivity contribution in [3.8, 4) is 5.75 Å². The number of nitrogens with zero attached hydrogens (tertiary/aromatic N) is 2. The fraction of sp³-hybridized carbons (Fsp3) is 0.500. The second-order valence-corrected chi connectivity index (χ2v) is 8.90. The fourth-order valence-electron chi connectivity index (χ4n) is 5.06. The first-order chi connectivity index (χ1) is 12.9. The molecule has 5 rings (SSSR count). The summed E-state index contributed by atoms with van der Waals surface area (Å²) in [7, 11) is 0. The summed E-state index contributed by atoms with van der Waals surface area (Å²) in [6.07, 6.45) is 2.51. The van der Waals surface area contributed by atoms with E-state index in [2.05, 4.69) is 35.9 Å². The van der Waals surface area contributed by atoms with Crippen LogP contribution in [0.3, 0.4) is 0 Å². The monoisotopic (exact) mass is 368 g/mol. The SMILES string of the molecule is CC1(C)Oc2ccccc2[C@H]2OCC3(C[C@@H]21)CN(Cc1ccc(F)cn1)C3. The van der Waals surface area contributed by atoms with E-state index in [9.17, 15) is 4.39 Å². The van der Waals surface area contributed by atoms with Gasteiger partial charge in [-0.25, -0.2) is 4.39 Å². The van der Waals surface area contributed by atoms with Gasteiger partial charge in [0.05, 0.1) is 24.6 Å². The van der Waals surface area contributed by atoms with Crippen molar-refractivity contribution in [2.75, 3.05) is 19.7 Å². The van der Waals surface area contributed by atoms with E-state index in [0.717, 1.165) is 44.1 Å². The van der Waals surface area contributed by atoms with Gasteiger partial charge in [0.2, 0.25) is 0 Å². The lowest BCUT2D eigenvalue weighted by molar-refractivity contribution is -0.200. The van der Waals surface area contributed by atoms with Crippen LogP contribution in [0.4, 0.5) is 4.39 Å². The van der Waals surface area contributed by atoms with E-state index in [1.807, 2.05) is 12.1 Å². The Balaban J connectivity index is 1.30. The Labute approximate surface area is 159 Å². The van der Waals surface area contributed by atoms with E-state index in [1.54, 1.807) is 6.07 Å². The van der Waals surface area contributed by atoms with Crippen LogP contribution in [-0.4, -0.2) is 35.2 Å². The number of halogens is 1. The van der Waals surface area contributed by atoms with Crippen molar-refractivity contribution in [3.05, 3.63) is 59.7 Å². The largest absolute Gasteiger partial charge is 0.487 e. The van der Waals surface area contributed by atoms with Gasteiger partial charge in [0.15, 0.2) is 0 Å². The first kappa shape index (κ1) is 17.1. The molecule has 3 aliphatic heterocycles. The van der Waals surface area contributed by atoms with Gasteiger partial charge in [0.25, 0.3) is 0 Å². The minimum atomic E-state index is -0.287. The van der Waals surface area contributed by atoms with Crippen LogP contribution < -0.4 is 4.74 Å². The van der Waals surface area contributed by atoms with E-state index in [0.29, 0.717) is 5.92 Å². The predicted octanol–water partition coefficient (Wildman–Crippen LogP) is 3.97. The molecule has 0 unspecified atom stereocenters. The third-order valence-electron chi connectivity index (χ3n) is 6.37. The molecule has 2 atom stereocenters. The fourth-order valence-corrected chi connectivity index (χ4v) is 5.06. The molecule has 4 heterocycles. The molecule has 2 fully saturated rings. The lowest BCUT2D eigenvalue weighted by atomic mass is 9.64. The van der Waals surface area contributed by atoms with E-state index < -0.39 is 0 Å². The zero-order valence-corrected chi connectivity index (χ0v) is 15.8. The predicted molar refractivity (Wildman–Crippen MR) is 99.9 cm³/mol. The summed E-state index contributed by atoms with van der Waals surface area (Å²) in [6, 6.07) is 11.5. The molecule has 3 aliphatic rings. The number of para-hydroxylation sites is 1. The average molecular weight is 368 g/mol. The van der Waals surface area contributed by atoms with Crippen LogP contribution in [0, 0.1) is 17.2 Å². The number of rotatable bonds is 2. The van der Waals surface area contributed by atoms with Crippen LogP contribution in [0.15, 0.2) is 42.6 Å². The summed E-state index contributed by atoms with van der Waals surface area (Å²) in [6.45, 7) is 7.90. The molecule has 0 saturated carbocycles. The highest BCUT2D eigenvalue weighted by Crippen LogP contribution is 2.55. The van der Waals surface area contributed by atoms with Crippen molar-refractivity contribution >= 4 is 0 Å². The highest BCUT2D eigenvalue weighted by Gasteiger charge is 2.55. The van der Waals surface area contributed by atoms with E-state index >= 15 is 0 Å². The van der Waals surface area contributed by atoms with Gasteiger partial charge in [0, 0.05) is 36.5 Å². The normalized spacial score (nSPS) is 28.0. The van der Waals surface area contributed by atoms with Crippen LogP contribution in [0.1, 0.15) is 37.6 Å². The summed E-state index contributed by atoms with van der Waals surface area (Å²) >= 11 is 0. The van der Waals surface area contributed by atoms with Crippen LogP contribution in [-0.2, 0) is 11.3 Å². The highest BCUT2D eigenvalue weighted by atomic mass is 19.1. The number of hydrogen-bond acceptors (Lipinski definition) is 4. The van der Waals surface area contributed by atoms with Crippen LogP contribution in [0.5, 0.6) is 5.75 Å². The molecular formula is C22H25FN2O2. The van der Waals surface area contributed by atoms with Gasteiger partial charge in [-0.15, -0.1) is 0 Å². The molecule has 0 amide bonds. The van der Waals surface area contributed by atoms with Crippen molar-refractivity contribution in [1.29, 1.82) is 0 Å². The molecule has 0 bridgehead atoms. The number of benzene rings is 1. The molecule has 0 aliphatic carbocycles. The summed E-state index contributed by atoms with van der Waals surface area (Å²) < 4.78 is 25.8. The first-order valence-corrected chi connectivity index (χ1v) is 9.67. The van der Waals surface area contributed by atoms with Gasteiger partial charge in [-0.3, -0.25) is 9.88 Å². The average Bonchev–Trinajstić information content (AvgIpc) is 2.62. The number of hydrogen-bond donors (Lipinski definition) is 0. The van der Waals surface area contributed by atoms with Gasteiger partial charge < -0.3 is 9.47 Å². The third kappa shape index (κ3) is 2.93. The standard InChI is InChI=1S/C22H25FN2O2/c1-21(2)18-9-22(12-25(13-22)11-16-8-7-15(23)10-24-16)14-26-20(18)17-5-3-4-6-19(17)27-21/h3-8,10,18,20H,9,11-14H2,1-2H3/t18-,20+/m0/s1. The van der Waals surface area contributed by atoms with Gasteiger partial charge in [-0.05, 0) is 38.5 Å². The Morgan fingerprint density at radius 3 is 2.78 bits per heavy atom. The summed E-state index contributed by atoms with van der Waals surface area (Å²) in [5.74, 6) is 1.01. The molecule has 142 valence electrons. The third-order valence-corrected chi connectivity index (χ3v) is 6.37. The maximum Gasteiger partial charge on any atom is 0.141 e. The lowest BCUT2D eigenvalue weighted by Crippen LogP contribution is -2.63. The second kappa shape index (κ2) is 6.01. The second-order valence-electron chi connectivity index (χ2n) is 8.90. The lowest BCUT2D eigenvalue weighted by Gasteiger charge is -2.58. The zero-order chi connectivity index (χ0) is 18.6. The number of fused-ring (bicyclic) bond motifs is 3. The van der Waals surface area contributed by atoms with Crippen LogP contribution in [0.25, 0.3) is 0 Å². The Morgan fingerprint density at radius 2 is 2.00 bits per heavy atom. The Bertz CT molecular complexity index is 846. The highest BCUT2D eigenvalue weighted by molar-refractivity contribution is 5.39. The minimum absolute atomic E-state index is 0.114. The molecule has 5 heteroatoms. The quantitative estimate of drug-likeness (QED) is 0.803. The number of ether oxygens (including phenoxy) is 2. The Hall–Kier alpha value is -1.98. The van der Waals surface area contributed by atoms with E-state index in [1.165, 1.54) is 17.8 Å².